The number of carbonyl (C=O) groups excluding carboxylic acids is 1. The van der Waals surface area contributed by atoms with Gasteiger partial charge in [-0.2, -0.15) is 0 Å². The van der Waals surface area contributed by atoms with Crippen LogP contribution >= 0.6 is 11.6 Å². The fourth-order valence-corrected chi connectivity index (χ4v) is 3.61. The van der Waals surface area contributed by atoms with Gasteiger partial charge in [0, 0.05) is 19.0 Å². The Morgan fingerprint density at radius 1 is 1.12 bits per heavy atom. The maximum absolute atomic E-state index is 12.9. The Kier molecular flexibility index (Phi) is 6.32. The number of hydrogen-bond donors (Lipinski definition) is 0. The summed E-state index contributed by atoms with van der Waals surface area (Å²) in [6, 6.07) is 14.2. The van der Waals surface area contributed by atoms with E-state index in [2.05, 4.69) is 15.2 Å². The molecule has 4 aromatic rings. The second-order valence-corrected chi connectivity index (χ2v) is 8.01. The van der Waals surface area contributed by atoms with Crippen molar-refractivity contribution in [2.24, 2.45) is 0 Å². The Labute approximate surface area is 189 Å². The molecule has 8 nitrogen and oxygen atoms in total. The molecule has 0 N–H and O–H groups in total. The number of benzene rings is 2. The van der Waals surface area contributed by atoms with Gasteiger partial charge < -0.3 is 9.32 Å². The molecule has 0 fully saturated rings. The van der Waals surface area contributed by atoms with Crippen molar-refractivity contribution in [3.05, 3.63) is 76.1 Å². The van der Waals surface area contributed by atoms with Crippen molar-refractivity contribution in [3.63, 3.8) is 0 Å². The summed E-state index contributed by atoms with van der Waals surface area (Å²) in [5.41, 5.74) is 1.11. The minimum absolute atomic E-state index is 0.0930. The van der Waals surface area contributed by atoms with E-state index in [1.54, 1.807) is 35.2 Å². The van der Waals surface area contributed by atoms with E-state index in [0.717, 1.165) is 0 Å². The second-order valence-electron chi connectivity index (χ2n) is 7.61. The number of para-hydroxylation sites is 1. The minimum atomic E-state index is -0.166. The van der Waals surface area contributed by atoms with Gasteiger partial charge in [-0.05, 0) is 38.1 Å². The highest BCUT2D eigenvalue weighted by molar-refractivity contribution is 6.33. The predicted molar refractivity (Wildman–Crippen MR) is 121 cm³/mol. The predicted octanol–water partition coefficient (Wildman–Crippen LogP) is 3.93. The van der Waals surface area contributed by atoms with Gasteiger partial charge in [0.25, 0.3) is 5.56 Å². The number of rotatable bonds is 7. The van der Waals surface area contributed by atoms with E-state index < -0.39 is 0 Å². The normalized spacial score (nSPS) is 11.2. The molecule has 0 radical (unpaired) electrons. The topological polar surface area (TPSA) is 94.1 Å². The highest BCUT2D eigenvalue weighted by Crippen LogP contribution is 2.26. The van der Waals surface area contributed by atoms with E-state index in [1.807, 2.05) is 32.0 Å². The average Bonchev–Trinajstić information content (AvgIpc) is 3.25. The molecule has 0 unspecified atom stereocenters. The van der Waals surface area contributed by atoms with Crippen LogP contribution in [0.2, 0.25) is 5.02 Å². The van der Waals surface area contributed by atoms with Gasteiger partial charge in [-0.25, -0.2) is 4.98 Å². The third-order valence-electron chi connectivity index (χ3n) is 5.12. The highest BCUT2D eigenvalue weighted by atomic mass is 35.5. The van der Waals surface area contributed by atoms with Crippen LogP contribution in [0.1, 0.15) is 26.2 Å². The van der Waals surface area contributed by atoms with E-state index in [4.69, 9.17) is 16.0 Å². The van der Waals surface area contributed by atoms with Crippen LogP contribution < -0.4 is 5.56 Å². The zero-order valence-corrected chi connectivity index (χ0v) is 18.5. The van der Waals surface area contributed by atoms with E-state index in [0.29, 0.717) is 33.3 Å². The molecule has 0 spiro atoms. The van der Waals surface area contributed by atoms with Crippen LogP contribution in [0.3, 0.4) is 0 Å². The van der Waals surface area contributed by atoms with Crippen LogP contribution in [0, 0.1) is 0 Å². The summed E-state index contributed by atoms with van der Waals surface area (Å²) < 4.78 is 7.20. The molecule has 0 aliphatic heterocycles. The molecule has 2 aromatic heterocycles. The summed E-state index contributed by atoms with van der Waals surface area (Å²) in [5, 5.41) is 9.17. The molecule has 1 amide bonds. The van der Waals surface area contributed by atoms with Crippen molar-refractivity contribution >= 4 is 28.4 Å². The Balaban J connectivity index is 1.47. The molecular weight excluding hydrogens is 430 g/mol. The number of nitrogens with zero attached hydrogens (tertiary/aromatic N) is 5. The van der Waals surface area contributed by atoms with Gasteiger partial charge in [0.1, 0.15) is 0 Å². The standard InChI is InChI=1S/C23H22ClN5O3/c1-15(2)29(13-20-26-27-22(32-20)16-7-3-5-9-18(16)24)21(30)11-12-28-14-25-19-10-6-4-8-17(19)23(28)31/h3-10,14-15H,11-13H2,1-2H3. The van der Waals surface area contributed by atoms with E-state index in [9.17, 15) is 9.59 Å². The number of halogens is 1. The van der Waals surface area contributed by atoms with E-state index in [1.165, 1.54) is 10.9 Å². The number of aromatic nitrogens is 4. The summed E-state index contributed by atoms with van der Waals surface area (Å²) >= 11 is 6.20. The van der Waals surface area contributed by atoms with E-state index in [-0.39, 0.29) is 37.0 Å². The maximum Gasteiger partial charge on any atom is 0.261 e. The SMILES string of the molecule is CC(C)N(Cc1nnc(-c2ccccc2Cl)o1)C(=O)CCn1cnc2ccccc2c1=O. The van der Waals surface area contributed by atoms with Crippen molar-refractivity contribution in [2.45, 2.75) is 39.4 Å². The molecule has 32 heavy (non-hydrogen) atoms. The van der Waals surface area contributed by atoms with Gasteiger partial charge in [-0.3, -0.25) is 14.2 Å². The lowest BCUT2D eigenvalue weighted by Crippen LogP contribution is -2.37. The molecule has 2 heterocycles. The summed E-state index contributed by atoms with van der Waals surface area (Å²) in [4.78, 5) is 31.5. The van der Waals surface area contributed by atoms with Gasteiger partial charge in [-0.1, -0.05) is 35.9 Å². The first-order chi connectivity index (χ1) is 15.4. The van der Waals surface area contributed by atoms with Crippen LogP contribution in [-0.2, 0) is 17.9 Å². The molecule has 0 bridgehead atoms. The molecule has 4 rings (SSSR count). The third kappa shape index (κ3) is 4.55. The van der Waals surface area contributed by atoms with Gasteiger partial charge in [0.2, 0.25) is 17.7 Å². The highest BCUT2D eigenvalue weighted by Gasteiger charge is 2.21. The van der Waals surface area contributed by atoms with Crippen LogP contribution in [0.4, 0.5) is 0 Å². The van der Waals surface area contributed by atoms with Crippen molar-refractivity contribution in [1.82, 2.24) is 24.6 Å². The Morgan fingerprint density at radius 3 is 2.66 bits per heavy atom. The molecule has 164 valence electrons. The number of carbonyl (C=O) groups is 1. The first-order valence-electron chi connectivity index (χ1n) is 10.2. The first kappa shape index (κ1) is 21.7. The summed E-state index contributed by atoms with van der Waals surface area (Å²) in [5.74, 6) is 0.486. The second kappa shape index (κ2) is 9.32. The zero-order chi connectivity index (χ0) is 22.7. The lowest BCUT2D eigenvalue weighted by atomic mass is 10.2. The fraction of sp³-hybridized carbons (Fsp3) is 0.261. The Morgan fingerprint density at radius 2 is 1.88 bits per heavy atom. The van der Waals surface area contributed by atoms with E-state index >= 15 is 0 Å². The average molecular weight is 452 g/mol. The van der Waals surface area contributed by atoms with Gasteiger partial charge in [0.15, 0.2) is 0 Å². The number of aryl methyl sites for hydroxylation is 1. The molecule has 9 heteroatoms. The summed E-state index contributed by atoms with van der Waals surface area (Å²) in [6.07, 6.45) is 1.62. The quantitative estimate of drug-likeness (QED) is 0.422. The lowest BCUT2D eigenvalue weighted by Gasteiger charge is -2.25. The molecule has 2 aromatic carbocycles. The van der Waals surface area contributed by atoms with Crippen molar-refractivity contribution in [1.29, 1.82) is 0 Å². The van der Waals surface area contributed by atoms with Gasteiger partial charge in [-0.15, -0.1) is 10.2 Å². The Hall–Kier alpha value is -3.52. The molecule has 0 saturated heterocycles. The van der Waals surface area contributed by atoms with Crippen LogP contribution in [-0.4, -0.2) is 36.6 Å². The van der Waals surface area contributed by atoms with Gasteiger partial charge >= 0.3 is 0 Å². The molecule has 0 aliphatic carbocycles. The lowest BCUT2D eigenvalue weighted by molar-refractivity contribution is -0.134. The fourth-order valence-electron chi connectivity index (χ4n) is 3.39. The monoisotopic (exact) mass is 451 g/mol. The first-order valence-corrected chi connectivity index (χ1v) is 10.6. The molecule has 0 atom stereocenters. The van der Waals surface area contributed by atoms with Gasteiger partial charge in [0.05, 0.1) is 34.4 Å². The van der Waals surface area contributed by atoms with Crippen molar-refractivity contribution in [2.75, 3.05) is 0 Å². The van der Waals surface area contributed by atoms with Crippen molar-refractivity contribution < 1.29 is 9.21 Å². The third-order valence-corrected chi connectivity index (χ3v) is 5.45. The Bertz CT molecular complexity index is 1310. The number of hydrogen-bond acceptors (Lipinski definition) is 6. The zero-order valence-electron chi connectivity index (χ0n) is 17.7. The van der Waals surface area contributed by atoms with Crippen LogP contribution in [0.15, 0.2) is 64.1 Å². The number of amides is 1. The van der Waals surface area contributed by atoms with Crippen LogP contribution in [0.5, 0.6) is 0 Å². The largest absolute Gasteiger partial charge is 0.419 e. The summed E-state index contributed by atoms with van der Waals surface area (Å²) in [6.45, 7) is 4.21. The maximum atomic E-state index is 12.9. The minimum Gasteiger partial charge on any atom is -0.419 e. The smallest absolute Gasteiger partial charge is 0.261 e. The molecule has 0 aliphatic rings. The number of fused-ring (bicyclic) bond motifs is 1. The van der Waals surface area contributed by atoms with Crippen molar-refractivity contribution in [3.8, 4) is 11.5 Å². The summed E-state index contributed by atoms with van der Waals surface area (Å²) in [7, 11) is 0. The van der Waals surface area contributed by atoms with Crippen LogP contribution in [0.25, 0.3) is 22.4 Å². The molecule has 0 saturated carbocycles. The molecular formula is C23H22ClN5O3.